The van der Waals surface area contributed by atoms with Crippen LogP contribution in [-0.4, -0.2) is 25.0 Å². The Morgan fingerprint density at radius 1 is 1.15 bits per heavy atom. The molecule has 1 aliphatic heterocycles. The predicted octanol–water partition coefficient (Wildman–Crippen LogP) is 1.50. The molecule has 0 bridgehead atoms. The van der Waals surface area contributed by atoms with E-state index in [0.717, 1.165) is 49.4 Å². The molecule has 1 fully saturated rings. The molecule has 1 atom stereocenters. The van der Waals surface area contributed by atoms with Gasteiger partial charge in [0.1, 0.15) is 0 Å². The zero-order valence-electron chi connectivity index (χ0n) is 11.3. The smallest absolute Gasteiger partial charge is 0.282 e. The highest BCUT2D eigenvalue weighted by Gasteiger charge is 2.27. The Morgan fingerprint density at radius 2 is 1.80 bits per heavy atom. The molecule has 0 aromatic heterocycles. The van der Waals surface area contributed by atoms with Crippen LogP contribution in [0, 0.1) is 17.5 Å². The monoisotopic (exact) mass is 287 g/mol. The number of amides is 1. The van der Waals surface area contributed by atoms with Gasteiger partial charge in [-0.2, -0.15) is 0 Å². The van der Waals surface area contributed by atoms with E-state index < -0.39 is 17.5 Å². The van der Waals surface area contributed by atoms with Crippen molar-refractivity contribution in [1.29, 1.82) is 0 Å². The standard InChI is InChI=1S/C14H17F3N2O/c1-9(19-7-3-2-4-8-19)14(20)18-11-6-5-10(15)12(16)13(11)17/h5-6,9H,2-4,7-8H2,1H3,(H,18,20)/p+1/t9-/m0/s1. The first-order chi connectivity index (χ1) is 9.50. The van der Waals surface area contributed by atoms with Crippen molar-refractivity contribution >= 4 is 11.6 Å². The van der Waals surface area contributed by atoms with Crippen LogP contribution in [0.4, 0.5) is 18.9 Å². The Balaban J connectivity index is 2.05. The summed E-state index contributed by atoms with van der Waals surface area (Å²) in [6, 6.07) is 1.49. The molecule has 6 heteroatoms. The van der Waals surface area contributed by atoms with Gasteiger partial charge in [0.15, 0.2) is 23.5 Å². The summed E-state index contributed by atoms with van der Waals surface area (Å²) in [5.41, 5.74) is -0.322. The molecule has 110 valence electrons. The Hall–Kier alpha value is -1.56. The third kappa shape index (κ3) is 3.12. The first-order valence-electron chi connectivity index (χ1n) is 6.79. The summed E-state index contributed by atoms with van der Waals surface area (Å²) in [4.78, 5) is 13.2. The summed E-state index contributed by atoms with van der Waals surface area (Å²) < 4.78 is 39.4. The number of carbonyl (C=O) groups is 1. The van der Waals surface area contributed by atoms with Crippen LogP contribution in [0.2, 0.25) is 0 Å². The predicted molar refractivity (Wildman–Crippen MR) is 69.0 cm³/mol. The van der Waals surface area contributed by atoms with E-state index in [1.165, 1.54) is 0 Å². The fraction of sp³-hybridized carbons (Fsp3) is 0.500. The number of likely N-dealkylation sites (tertiary alicyclic amines) is 1. The molecule has 3 nitrogen and oxygen atoms in total. The van der Waals surface area contributed by atoms with Crippen molar-refractivity contribution in [1.82, 2.24) is 0 Å². The number of quaternary nitrogens is 1. The lowest BCUT2D eigenvalue weighted by Gasteiger charge is -2.28. The normalized spacial score (nSPS) is 17.8. The third-order valence-electron chi connectivity index (χ3n) is 3.79. The lowest BCUT2D eigenvalue weighted by atomic mass is 10.1. The maximum Gasteiger partial charge on any atom is 0.282 e. The first kappa shape index (κ1) is 14.8. The second-order valence-electron chi connectivity index (χ2n) is 5.15. The Bertz CT molecular complexity index is 501. The zero-order chi connectivity index (χ0) is 14.7. The molecule has 1 aromatic carbocycles. The molecule has 2 rings (SSSR count). The minimum absolute atomic E-state index is 0.322. The molecule has 0 saturated carbocycles. The number of anilines is 1. The van der Waals surface area contributed by atoms with Gasteiger partial charge in [0.25, 0.3) is 5.91 Å². The van der Waals surface area contributed by atoms with Crippen molar-refractivity contribution in [3.63, 3.8) is 0 Å². The van der Waals surface area contributed by atoms with E-state index in [4.69, 9.17) is 0 Å². The van der Waals surface area contributed by atoms with Crippen molar-refractivity contribution in [3.8, 4) is 0 Å². The van der Waals surface area contributed by atoms with E-state index in [-0.39, 0.29) is 17.6 Å². The quantitative estimate of drug-likeness (QED) is 0.812. The molecule has 1 aliphatic rings. The number of halogens is 3. The molecule has 0 aliphatic carbocycles. The van der Waals surface area contributed by atoms with E-state index in [2.05, 4.69) is 5.32 Å². The summed E-state index contributed by atoms with van der Waals surface area (Å²) in [5, 5.41) is 2.33. The van der Waals surface area contributed by atoms with Gasteiger partial charge < -0.3 is 10.2 Å². The summed E-state index contributed by atoms with van der Waals surface area (Å²) in [6.45, 7) is 3.55. The molecular formula is C14H18F3N2O+. The van der Waals surface area contributed by atoms with Gasteiger partial charge in [-0.1, -0.05) is 0 Å². The summed E-state index contributed by atoms with van der Waals surface area (Å²) in [7, 11) is 0. The maximum absolute atomic E-state index is 13.5. The lowest BCUT2D eigenvalue weighted by molar-refractivity contribution is -0.918. The van der Waals surface area contributed by atoms with Gasteiger partial charge in [-0.05, 0) is 38.3 Å². The molecule has 1 aromatic rings. The average Bonchev–Trinajstić information content (AvgIpc) is 2.48. The number of benzene rings is 1. The molecule has 1 saturated heterocycles. The van der Waals surface area contributed by atoms with Crippen molar-refractivity contribution in [2.24, 2.45) is 0 Å². The van der Waals surface area contributed by atoms with Crippen molar-refractivity contribution in [2.75, 3.05) is 18.4 Å². The lowest BCUT2D eigenvalue weighted by Crippen LogP contribution is -3.17. The number of carbonyl (C=O) groups excluding carboxylic acids is 1. The van der Waals surface area contributed by atoms with Crippen LogP contribution in [0.1, 0.15) is 26.2 Å². The van der Waals surface area contributed by atoms with E-state index in [0.29, 0.717) is 0 Å². The van der Waals surface area contributed by atoms with Crippen molar-refractivity contribution in [3.05, 3.63) is 29.6 Å². The molecule has 0 unspecified atom stereocenters. The Labute approximate surface area is 115 Å². The topological polar surface area (TPSA) is 33.5 Å². The number of piperidine rings is 1. The Kier molecular flexibility index (Phi) is 4.65. The minimum Gasteiger partial charge on any atom is -0.325 e. The Morgan fingerprint density at radius 3 is 2.45 bits per heavy atom. The number of hydrogen-bond acceptors (Lipinski definition) is 1. The second-order valence-corrected chi connectivity index (χ2v) is 5.15. The number of hydrogen-bond donors (Lipinski definition) is 2. The summed E-state index contributed by atoms with van der Waals surface area (Å²) >= 11 is 0. The fourth-order valence-electron chi connectivity index (χ4n) is 2.49. The third-order valence-corrected chi connectivity index (χ3v) is 3.79. The van der Waals surface area contributed by atoms with Crippen LogP contribution in [0.25, 0.3) is 0 Å². The van der Waals surface area contributed by atoms with Gasteiger partial charge in [-0.3, -0.25) is 4.79 Å². The summed E-state index contributed by atoms with van der Waals surface area (Å²) in [6.07, 6.45) is 3.29. The molecule has 0 spiro atoms. The van der Waals surface area contributed by atoms with Gasteiger partial charge in [-0.25, -0.2) is 13.2 Å². The molecular weight excluding hydrogens is 269 g/mol. The second kappa shape index (κ2) is 6.26. The van der Waals surface area contributed by atoms with Crippen LogP contribution < -0.4 is 10.2 Å². The summed E-state index contributed by atoms with van der Waals surface area (Å²) in [5.74, 6) is -4.58. The van der Waals surface area contributed by atoms with E-state index in [1.807, 2.05) is 0 Å². The van der Waals surface area contributed by atoms with Gasteiger partial charge in [0.2, 0.25) is 0 Å². The van der Waals surface area contributed by atoms with Crippen molar-refractivity contribution < 1.29 is 22.9 Å². The van der Waals surface area contributed by atoms with Gasteiger partial charge in [0, 0.05) is 0 Å². The highest BCUT2D eigenvalue weighted by Crippen LogP contribution is 2.19. The van der Waals surface area contributed by atoms with Gasteiger partial charge in [0.05, 0.1) is 18.8 Å². The maximum atomic E-state index is 13.5. The van der Waals surface area contributed by atoms with E-state index >= 15 is 0 Å². The van der Waals surface area contributed by atoms with Crippen LogP contribution in [-0.2, 0) is 4.79 Å². The molecule has 0 radical (unpaired) electrons. The number of rotatable bonds is 3. The molecule has 1 heterocycles. The molecule has 1 amide bonds. The van der Waals surface area contributed by atoms with Crippen LogP contribution in [0.3, 0.4) is 0 Å². The van der Waals surface area contributed by atoms with Crippen molar-refractivity contribution in [2.45, 2.75) is 32.2 Å². The van der Waals surface area contributed by atoms with Crippen LogP contribution in [0.5, 0.6) is 0 Å². The van der Waals surface area contributed by atoms with Crippen LogP contribution >= 0.6 is 0 Å². The molecule has 2 N–H and O–H groups in total. The minimum atomic E-state index is -1.57. The largest absolute Gasteiger partial charge is 0.325 e. The zero-order valence-corrected chi connectivity index (χ0v) is 11.3. The van der Waals surface area contributed by atoms with Crippen LogP contribution in [0.15, 0.2) is 12.1 Å². The van der Waals surface area contributed by atoms with E-state index in [9.17, 15) is 18.0 Å². The van der Waals surface area contributed by atoms with Gasteiger partial charge in [-0.15, -0.1) is 0 Å². The average molecular weight is 287 g/mol. The fourth-order valence-corrected chi connectivity index (χ4v) is 2.49. The SMILES string of the molecule is C[C@@H](C(=O)Nc1ccc(F)c(F)c1F)[NH+]1CCCCC1. The highest BCUT2D eigenvalue weighted by molar-refractivity contribution is 5.93. The highest BCUT2D eigenvalue weighted by atomic mass is 19.2. The molecule has 20 heavy (non-hydrogen) atoms. The number of nitrogens with one attached hydrogen (secondary N) is 2. The van der Waals surface area contributed by atoms with Gasteiger partial charge >= 0.3 is 0 Å². The van der Waals surface area contributed by atoms with E-state index in [1.54, 1.807) is 6.92 Å². The first-order valence-corrected chi connectivity index (χ1v) is 6.79.